The lowest BCUT2D eigenvalue weighted by Gasteiger charge is -2.27. The van der Waals surface area contributed by atoms with Crippen LogP contribution in [-0.4, -0.2) is 12.6 Å². The minimum atomic E-state index is 0.667. The first-order chi connectivity index (χ1) is 7.72. The van der Waals surface area contributed by atoms with Gasteiger partial charge in [0.1, 0.15) is 0 Å². The van der Waals surface area contributed by atoms with Gasteiger partial charge in [0.05, 0.1) is 0 Å². The van der Waals surface area contributed by atoms with Gasteiger partial charge in [0.25, 0.3) is 0 Å². The first kappa shape index (κ1) is 12.4. The van der Waals surface area contributed by atoms with E-state index in [1.165, 1.54) is 64.3 Å². The predicted molar refractivity (Wildman–Crippen MR) is 70.6 cm³/mol. The van der Waals surface area contributed by atoms with Gasteiger partial charge >= 0.3 is 0 Å². The van der Waals surface area contributed by atoms with Crippen LogP contribution in [0.5, 0.6) is 0 Å². The van der Waals surface area contributed by atoms with Crippen LogP contribution in [0.15, 0.2) is 0 Å². The molecule has 0 aromatic heterocycles. The van der Waals surface area contributed by atoms with Gasteiger partial charge in [0.15, 0.2) is 0 Å². The molecule has 2 saturated carbocycles. The van der Waals surface area contributed by atoms with Gasteiger partial charge in [0, 0.05) is 6.04 Å². The molecule has 0 amide bonds. The van der Waals surface area contributed by atoms with Gasteiger partial charge in [-0.1, -0.05) is 39.5 Å². The molecule has 0 spiro atoms. The fourth-order valence-electron chi connectivity index (χ4n) is 3.94. The van der Waals surface area contributed by atoms with Gasteiger partial charge in [-0.3, -0.25) is 0 Å². The third kappa shape index (κ3) is 3.23. The number of hydrogen-bond donors (Lipinski definition) is 1. The van der Waals surface area contributed by atoms with Gasteiger partial charge in [-0.15, -0.1) is 0 Å². The summed E-state index contributed by atoms with van der Waals surface area (Å²) < 4.78 is 0. The molecule has 0 aromatic carbocycles. The summed E-state index contributed by atoms with van der Waals surface area (Å²) in [6.45, 7) is 6.02. The van der Waals surface area contributed by atoms with Crippen molar-refractivity contribution in [3.8, 4) is 0 Å². The smallest absolute Gasteiger partial charge is 0.00724 e. The van der Waals surface area contributed by atoms with Gasteiger partial charge in [0.2, 0.25) is 0 Å². The van der Waals surface area contributed by atoms with E-state index in [9.17, 15) is 0 Å². The second-order valence-corrected chi connectivity index (χ2v) is 6.56. The van der Waals surface area contributed by atoms with Crippen molar-refractivity contribution in [3.63, 3.8) is 0 Å². The molecule has 2 unspecified atom stereocenters. The van der Waals surface area contributed by atoms with Crippen LogP contribution >= 0.6 is 0 Å². The number of rotatable bonds is 5. The molecular weight excluding hydrogens is 194 g/mol. The third-order valence-electron chi connectivity index (χ3n) is 4.77. The molecule has 2 fully saturated rings. The van der Waals surface area contributed by atoms with Crippen LogP contribution in [0.3, 0.4) is 0 Å². The Kier molecular flexibility index (Phi) is 4.29. The fraction of sp³-hybridized carbons (Fsp3) is 1.00. The molecule has 0 aromatic rings. The molecule has 2 atom stereocenters. The fourth-order valence-corrected chi connectivity index (χ4v) is 3.94. The molecule has 0 heterocycles. The quantitative estimate of drug-likeness (QED) is 0.739. The molecule has 2 aliphatic carbocycles. The SMILES string of the molecule is CCCNC1CCC(C)(CC2CCCC2)C1. The number of nitrogens with one attached hydrogen (secondary N) is 1. The van der Waals surface area contributed by atoms with Gasteiger partial charge in [-0.2, -0.15) is 0 Å². The van der Waals surface area contributed by atoms with Crippen LogP contribution < -0.4 is 5.32 Å². The Morgan fingerprint density at radius 1 is 1.19 bits per heavy atom. The van der Waals surface area contributed by atoms with Crippen LogP contribution in [0.4, 0.5) is 0 Å². The minimum absolute atomic E-state index is 0.667. The van der Waals surface area contributed by atoms with Crippen molar-refractivity contribution in [1.29, 1.82) is 0 Å². The summed E-state index contributed by atoms with van der Waals surface area (Å²) in [7, 11) is 0. The van der Waals surface area contributed by atoms with E-state index in [4.69, 9.17) is 0 Å². The zero-order valence-corrected chi connectivity index (χ0v) is 11.2. The van der Waals surface area contributed by atoms with E-state index in [0.717, 1.165) is 12.0 Å². The first-order valence-corrected chi connectivity index (χ1v) is 7.45. The van der Waals surface area contributed by atoms with Gasteiger partial charge in [-0.25, -0.2) is 0 Å². The monoisotopic (exact) mass is 223 g/mol. The Morgan fingerprint density at radius 3 is 2.62 bits per heavy atom. The van der Waals surface area contributed by atoms with Crippen LogP contribution in [0.2, 0.25) is 0 Å². The van der Waals surface area contributed by atoms with Crippen LogP contribution in [0.1, 0.15) is 71.6 Å². The van der Waals surface area contributed by atoms with E-state index in [0.29, 0.717) is 5.41 Å². The molecule has 16 heavy (non-hydrogen) atoms. The van der Waals surface area contributed by atoms with Crippen LogP contribution in [-0.2, 0) is 0 Å². The maximum absolute atomic E-state index is 3.71. The van der Waals surface area contributed by atoms with E-state index in [1.54, 1.807) is 0 Å². The second-order valence-electron chi connectivity index (χ2n) is 6.56. The van der Waals surface area contributed by atoms with Crippen LogP contribution in [0.25, 0.3) is 0 Å². The molecule has 0 saturated heterocycles. The topological polar surface area (TPSA) is 12.0 Å². The highest BCUT2D eigenvalue weighted by Gasteiger charge is 2.36. The van der Waals surface area contributed by atoms with E-state index in [1.807, 2.05) is 0 Å². The normalized spacial score (nSPS) is 36.0. The molecule has 2 rings (SSSR count). The molecule has 2 aliphatic rings. The van der Waals surface area contributed by atoms with Crippen molar-refractivity contribution in [2.45, 2.75) is 77.7 Å². The highest BCUT2D eigenvalue weighted by atomic mass is 14.9. The summed E-state index contributed by atoms with van der Waals surface area (Å²) >= 11 is 0. The lowest BCUT2D eigenvalue weighted by Crippen LogP contribution is -2.28. The Morgan fingerprint density at radius 2 is 1.94 bits per heavy atom. The Bertz CT molecular complexity index is 207. The van der Waals surface area contributed by atoms with Crippen molar-refractivity contribution in [3.05, 3.63) is 0 Å². The Balaban J connectivity index is 1.75. The zero-order chi connectivity index (χ0) is 11.4. The molecule has 1 heteroatoms. The van der Waals surface area contributed by atoms with Crippen molar-refractivity contribution >= 4 is 0 Å². The first-order valence-electron chi connectivity index (χ1n) is 7.45. The molecular formula is C15H29N. The highest BCUT2D eigenvalue weighted by Crippen LogP contribution is 2.45. The molecule has 0 bridgehead atoms. The lowest BCUT2D eigenvalue weighted by molar-refractivity contribution is 0.242. The summed E-state index contributed by atoms with van der Waals surface area (Å²) in [6.07, 6.45) is 13.1. The average molecular weight is 223 g/mol. The minimum Gasteiger partial charge on any atom is -0.314 e. The molecule has 1 nitrogen and oxygen atoms in total. The summed E-state index contributed by atoms with van der Waals surface area (Å²) in [5, 5.41) is 3.71. The number of hydrogen-bond acceptors (Lipinski definition) is 1. The maximum Gasteiger partial charge on any atom is 0.00724 e. The zero-order valence-electron chi connectivity index (χ0n) is 11.2. The van der Waals surface area contributed by atoms with Crippen molar-refractivity contribution < 1.29 is 0 Å². The van der Waals surface area contributed by atoms with E-state index in [2.05, 4.69) is 19.2 Å². The molecule has 0 aliphatic heterocycles. The largest absolute Gasteiger partial charge is 0.314 e. The standard InChI is InChI=1S/C15H29N/c1-3-10-16-14-8-9-15(2,12-14)11-13-6-4-5-7-13/h13-14,16H,3-12H2,1-2H3. The van der Waals surface area contributed by atoms with E-state index in [-0.39, 0.29) is 0 Å². The van der Waals surface area contributed by atoms with Gasteiger partial charge < -0.3 is 5.32 Å². The summed E-state index contributed by atoms with van der Waals surface area (Å²) in [5.41, 5.74) is 0.667. The average Bonchev–Trinajstić information content (AvgIpc) is 2.86. The summed E-state index contributed by atoms with van der Waals surface area (Å²) in [6, 6.07) is 0.825. The predicted octanol–water partition coefficient (Wildman–Crippen LogP) is 4.13. The lowest BCUT2D eigenvalue weighted by atomic mass is 9.79. The maximum atomic E-state index is 3.71. The van der Waals surface area contributed by atoms with E-state index >= 15 is 0 Å². The highest BCUT2D eigenvalue weighted by molar-refractivity contribution is 4.91. The summed E-state index contributed by atoms with van der Waals surface area (Å²) in [4.78, 5) is 0. The van der Waals surface area contributed by atoms with Crippen molar-refractivity contribution in [1.82, 2.24) is 5.32 Å². The molecule has 94 valence electrons. The molecule has 0 radical (unpaired) electrons. The van der Waals surface area contributed by atoms with Crippen molar-refractivity contribution in [2.75, 3.05) is 6.54 Å². The Hall–Kier alpha value is -0.0400. The summed E-state index contributed by atoms with van der Waals surface area (Å²) in [5.74, 6) is 1.06. The Labute approximate surface area is 101 Å². The second kappa shape index (κ2) is 5.53. The van der Waals surface area contributed by atoms with E-state index < -0.39 is 0 Å². The van der Waals surface area contributed by atoms with Gasteiger partial charge in [-0.05, 0) is 50.0 Å². The van der Waals surface area contributed by atoms with Crippen LogP contribution in [0, 0.1) is 11.3 Å². The van der Waals surface area contributed by atoms with Crippen molar-refractivity contribution in [2.24, 2.45) is 11.3 Å². The molecule has 1 N–H and O–H groups in total. The third-order valence-corrected chi connectivity index (χ3v) is 4.77.